The molecular formula is C20H21FN6O3S2. The fraction of sp³-hybridized carbons (Fsp3) is 0.300. The number of anilines is 1. The van der Waals surface area contributed by atoms with Gasteiger partial charge in [0.15, 0.2) is 9.92 Å². The highest BCUT2D eigenvalue weighted by molar-refractivity contribution is 7.93. The number of urea groups is 1. The summed E-state index contributed by atoms with van der Waals surface area (Å²) in [7, 11) is -3.64. The smallest absolute Gasteiger partial charge is 0.356 e. The van der Waals surface area contributed by atoms with E-state index in [4.69, 9.17) is 5.14 Å². The number of carbonyl (C=O) groups is 1. The molecule has 0 fully saturated rings. The van der Waals surface area contributed by atoms with Gasteiger partial charge < -0.3 is 5.11 Å². The summed E-state index contributed by atoms with van der Waals surface area (Å²) in [4.78, 5) is 25.0. The molecule has 4 rings (SSSR count). The van der Waals surface area contributed by atoms with Crippen LogP contribution in [0.5, 0.6) is 0 Å². The van der Waals surface area contributed by atoms with Crippen LogP contribution in [0.2, 0.25) is 0 Å². The first-order valence-electron chi connectivity index (χ1n) is 9.72. The normalized spacial score (nSPS) is 15.2. The molecule has 0 saturated heterocycles. The van der Waals surface area contributed by atoms with Crippen LogP contribution in [-0.2, 0) is 28.4 Å². The number of rotatable bonds is 4. The van der Waals surface area contributed by atoms with E-state index in [1.54, 1.807) is 12.1 Å². The molecule has 168 valence electrons. The van der Waals surface area contributed by atoms with Crippen molar-refractivity contribution in [2.45, 2.75) is 42.9 Å². The number of aromatic nitrogens is 3. The van der Waals surface area contributed by atoms with Crippen LogP contribution in [0.1, 0.15) is 36.5 Å². The number of hydrogen-bond donors (Lipinski definition) is 3. The van der Waals surface area contributed by atoms with Gasteiger partial charge in [-0.25, -0.2) is 28.5 Å². The Morgan fingerprint density at radius 3 is 2.72 bits per heavy atom. The first-order chi connectivity index (χ1) is 15.1. The van der Waals surface area contributed by atoms with Crippen LogP contribution in [0, 0.1) is 5.82 Å². The summed E-state index contributed by atoms with van der Waals surface area (Å²) >= 11 is 0.896. The quantitative estimate of drug-likeness (QED) is 0.527. The minimum Gasteiger partial charge on any atom is -0.383 e. The van der Waals surface area contributed by atoms with Gasteiger partial charge in [0.2, 0.25) is 0 Å². The first kappa shape index (κ1) is 22.4. The average Bonchev–Trinajstić information content (AvgIpc) is 3.38. The number of nitrogens with two attached hydrogens (primary N) is 1. The zero-order valence-electron chi connectivity index (χ0n) is 17.3. The molecule has 1 atom stereocenters. The van der Waals surface area contributed by atoms with Crippen LogP contribution in [0.3, 0.4) is 0 Å². The zero-order valence-corrected chi connectivity index (χ0v) is 19.0. The van der Waals surface area contributed by atoms with Crippen LogP contribution in [-0.4, -0.2) is 30.3 Å². The number of nitrogens with one attached hydrogen (secondary N) is 1. The van der Waals surface area contributed by atoms with E-state index in [-0.39, 0.29) is 20.6 Å². The molecule has 0 spiro atoms. The summed E-state index contributed by atoms with van der Waals surface area (Å²) in [5, 5.41) is 18.6. The van der Waals surface area contributed by atoms with E-state index < -0.39 is 27.4 Å². The van der Waals surface area contributed by atoms with Gasteiger partial charge in [-0.2, -0.15) is 0 Å². The van der Waals surface area contributed by atoms with E-state index in [0.29, 0.717) is 29.7 Å². The van der Waals surface area contributed by atoms with E-state index in [1.165, 1.54) is 32.4 Å². The van der Waals surface area contributed by atoms with Crippen molar-refractivity contribution in [1.29, 1.82) is 0 Å². The van der Waals surface area contributed by atoms with Gasteiger partial charge in [-0.1, -0.05) is 0 Å². The molecule has 0 bridgehead atoms. The second-order valence-corrected chi connectivity index (χ2v) is 10.8. The third-order valence-electron chi connectivity index (χ3n) is 4.87. The van der Waals surface area contributed by atoms with Gasteiger partial charge >= 0.3 is 6.03 Å². The topological polar surface area (TPSA) is 143 Å². The summed E-state index contributed by atoms with van der Waals surface area (Å²) in [5.74, 6) is -0.487. The minimum absolute atomic E-state index is 0.0280. The molecule has 0 aromatic carbocycles. The lowest BCUT2D eigenvalue weighted by atomic mass is 10.0. The summed E-state index contributed by atoms with van der Waals surface area (Å²) in [6.45, 7) is 3.04. The Morgan fingerprint density at radius 1 is 1.34 bits per heavy atom. The zero-order chi connectivity index (χ0) is 23.1. The standard InChI is InChI=1S/C20H21FN6O3S2/c1-20(2,29)18-24-10-14(31-18)32(22,30)27-19(28)26-17-15(11-6-8-23-9-7-11)16(21)12-4-3-5-13(12)25-17/h6-10,29H,3-5H2,1-2H3,(H3,22,25,26,27,28,30). The lowest BCUT2D eigenvalue weighted by molar-refractivity contribution is 0.0783. The van der Waals surface area contributed by atoms with Crippen LogP contribution in [0.15, 0.2) is 39.3 Å². The predicted molar refractivity (Wildman–Crippen MR) is 119 cm³/mol. The molecule has 1 unspecified atom stereocenters. The van der Waals surface area contributed by atoms with Gasteiger partial charge in [-0.15, -0.1) is 15.7 Å². The molecule has 3 heterocycles. The van der Waals surface area contributed by atoms with E-state index in [0.717, 1.165) is 17.8 Å². The van der Waals surface area contributed by atoms with Crippen molar-refractivity contribution in [1.82, 2.24) is 15.0 Å². The van der Waals surface area contributed by atoms with Crippen LogP contribution in [0.4, 0.5) is 15.0 Å². The molecule has 12 heteroatoms. The maximum absolute atomic E-state index is 15.3. The summed E-state index contributed by atoms with van der Waals surface area (Å²) in [5.41, 5.74) is 0.439. The summed E-state index contributed by atoms with van der Waals surface area (Å²) in [6.07, 6.45) is 6.16. The SMILES string of the molecule is CC(C)(O)c1ncc(S(N)(=O)=NC(=O)Nc2nc3c(c(F)c2-c2ccncc2)CCC3)s1. The Balaban J connectivity index is 1.71. The fourth-order valence-corrected chi connectivity index (χ4v) is 5.44. The number of carbonyl (C=O) groups excluding carboxylic acids is 1. The predicted octanol–water partition coefficient (Wildman–Crippen LogP) is 3.39. The fourth-order valence-electron chi connectivity index (χ4n) is 3.38. The number of amides is 2. The van der Waals surface area contributed by atoms with Gasteiger partial charge in [0.05, 0.1) is 11.8 Å². The van der Waals surface area contributed by atoms with Crippen molar-refractivity contribution < 1.29 is 18.5 Å². The molecule has 2 amide bonds. The summed E-state index contributed by atoms with van der Waals surface area (Å²) < 4.78 is 31.8. The first-order valence-corrected chi connectivity index (χ1v) is 12.1. The number of halogens is 1. The van der Waals surface area contributed by atoms with E-state index in [1.807, 2.05) is 0 Å². The highest BCUT2D eigenvalue weighted by Gasteiger charge is 2.26. The van der Waals surface area contributed by atoms with Crippen molar-refractivity contribution in [2.75, 3.05) is 5.32 Å². The van der Waals surface area contributed by atoms with Crippen LogP contribution < -0.4 is 10.5 Å². The van der Waals surface area contributed by atoms with Crippen molar-refractivity contribution >= 4 is 33.1 Å². The lowest BCUT2D eigenvalue weighted by Crippen LogP contribution is -2.18. The number of thiazole rings is 1. The third kappa shape index (κ3) is 4.39. The highest BCUT2D eigenvalue weighted by atomic mass is 32.2. The monoisotopic (exact) mass is 476 g/mol. The molecule has 4 N–H and O–H groups in total. The molecular weight excluding hydrogens is 455 g/mol. The molecule has 3 aromatic rings. The summed E-state index contributed by atoms with van der Waals surface area (Å²) in [6, 6.07) is 2.18. The number of aryl methyl sites for hydroxylation is 1. The third-order valence-corrected chi connectivity index (χ3v) is 8.06. The molecule has 9 nitrogen and oxygen atoms in total. The average molecular weight is 477 g/mol. The van der Waals surface area contributed by atoms with Gasteiger partial charge in [0, 0.05) is 23.7 Å². The second kappa shape index (κ2) is 8.28. The maximum Gasteiger partial charge on any atom is 0.356 e. The highest BCUT2D eigenvalue weighted by Crippen LogP contribution is 2.36. The van der Waals surface area contributed by atoms with Crippen molar-refractivity contribution in [3.8, 4) is 11.1 Å². The number of aliphatic hydroxyl groups is 1. The minimum atomic E-state index is -3.64. The number of pyridine rings is 2. The molecule has 1 aliphatic rings. The molecule has 1 aliphatic carbocycles. The van der Waals surface area contributed by atoms with Crippen molar-refractivity contribution in [2.24, 2.45) is 9.50 Å². The Morgan fingerprint density at radius 2 is 2.06 bits per heavy atom. The maximum atomic E-state index is 15.3. The van der Waals surface area contributed by atoms with E-state index in [9.17, 15) is 14.1 Å². The Labute approximate surface area is 188 Å². The van der Waals surface area contributed by atoms with E-state index >= 15 is 4.39 Å². The number of nitrogens with zero attached hydrogens (tertiary/aromatic N) is 4. The number of fused-ring (bicyclic) bond motifs is 1. The number of hydrogen-bond acceptors (Lipinski definition) is 7. The molecule has 32 heavy (non-hydrogen) atoms. The van der Waals surface area contributed by atoms with Gasteiger partial charge in [0.1, 0.15) is 26.5 Å². The van der Waals surface area contributed by atoms with Crippen LogP contribution >= 0.6 is 11.3 Å². The second-order valence-electron chi connectivity index (χ2n) is 7.80. The largest absolute Gasteiger partial charge is 0.383 e. The van der Waals surface area contributed by atoms with Gasteiger partial charge in [-0.05, 0) is 50.8 Å². The Bertz CT molecular complexity index is 1310. The molecule has 0 aliphatic heterocycles. The molecule has 0 radical (unpaired) electrons. The van der Waals surface area contributed by atoms with Gasteiger partial charge in [-0.3, -0.25) is 10.3 Å². The Hall–Kier alpha value is -2.80. The lowest BCUT2D eigenvalue weighted by Gasteiger charge is -2.14. The van der Waals surface area contributed by atoms with Crippen molar-refractivity contribution in [3.63, 3.8) is 0 Å². The molecule has 0 saturated carbocycles. The van der Waals surface area contributed by atoms with E-state index in [2.05, 4.69) is 24.6 Å². The van der Waals surface area contributed by atoms with Crippen molar-refractivity contribution in [3.05, 3.63) is 52.8 Å². The Kier molecular flexibility index (Phi) is 5.79. The van der Waals surface area contributed by atoms with Crippen LogP contribution in [0.25, 0.3) is 11.1 Å². The van der Waals surface area contributed by atoms with Gasteiger partial charge in [0.25, 0.3) is 0 Å². The molecule has 3 aromatic heterocycles.